The van der Waals surface area contributed by atoms with Gasteiger partial charge in [0, 0.05) is 11.6 Å². The molecule has 1 aromatic rings. The van der Waals surface area contributed by atoms with Gasteiger partial charge in [-0.1, -0.05) is 6.92 Å². The first-order valence-corrected chi connectivity index (χ1v) is 4.65. The van der Waals surface area contributed by atoms with E-state index in [1.54, 1.807) is 6.07 Å². The third-order valence-corrected chi connectivity index (χ3v) is 2.17. The number of rotatable bonds is 4. The van der Waals surface area contributed by atoms with Crippen molar-refractivity contribution < 1.29 is 19.0 Å². The predicted molar refractivity (Wildman–Crippen MR) is 53.7 cm³/mol. The van der Waals surface area contributed by atoms with Crippen molar-refractivity contribution in [3.63, 3.8) is 0 Å². The lowest BCUT2D eigenvalue weighted by Gasteiger charge is -2.09. The van der Waals surface area contributed by atoms with Crippen LogP contribution < -0.4 is 4.74 Å². The summed E-state index contributed by atoms with van der Waals surface area (Å²) < 4.78 is 18.3. The molecule has 0 radical (unpaired) electrons. The zero-order chi connectivity index (χ0) is 11.4. The third-order valence-electron chi connectivity index (χ3n) is 2.17. The Morgan fingerprint density at radius 1 is 1.47 bits per heavy atom. The average Bonchev–Trinajstić information content (AvgIpc) is 2.19. The Morgan fingerprint density at radius 2 is 2.13 bits per heavy atom. The minimum Gasteiger partial charge on any atom is -0.496 e. The summed E-state index contributed by atoms with van der Waals surface area (Å²) in [6.45, 7) is 1.81. The van der Waals surface area contributed by atoms with E-state index in [9.17, 15) is 9.18 Å². The summed E-state index contributed by atoms with van der Waals surface area (Å²) in [5.74, 6) is -1.03. The molecule has 0 atom stereocenters. The third kappa shape index (κ3) is 2.68. The molecular formula is C11H13FO3. The van der Waals surface area contributed by atoms with Crippen LogP contribution in [0.5, 0.6) is 5.75 Å². The number of carboxylic acids is 1. The molecule has 3 nitrogen and oxygen atoms in total. The van der Waals surface area contributed by atoms with Gasteiger partial charge >= 0.3 is 5.97 Å². The quantitative estimate of drug-likeness (QED) is 0.830. The first kappa shape index (κ1) is 11.5. The molecular weight excluding hydrogens is 199 g/mol. The van der Waals surface area contributed by atoms with Crippen LogP contribution >= 0.6 is 0 Å². The van der Waals surface area contributed by atoms with Crippen molar-refractivity contribution in [1.82, 2.24) is 0 Å². The highest BCUT2D eigenvalue weighted by Crippen LogP contribution is 2.23. The van der Waals surface area contributed by atoms with Gasteiger partial charge in [-0.2, -0.15) is 0 Å². The predicted octanol–water partition coefficient (Wildman–Crippen LogP) is 2.02. The van der Waals surface area contributed by atoms with Crippen molar-refractivity contribution in [3.8, 4) is 5.75 Å². The molecule has 15 heavy (non-hydrogen) atoms. The molecule has 0 aliphatic rings. The van der Waals surface area contributed by atoms with Crippen LogP contribution in [-0.2, 0) is 17.6 Å². The van der Waals surface area contributed by atoms with Gasteiger partial charge in [0.2, 0.25) is 0 Å². The molecule has 0 unspecified atom stereocenters. The summed E-state index contributed by atoms with van der Waals surface area (Å²) in [7, 11) is 1.39. The largest absolute Gasteiger partial charge is 0.496 e. The lowest BCUT2D eigenvalue weighted by atomic mass is 10.0. The number of hydrogen-bond donors (Lipinski definition) is 1. The topological polar surface area (TPSA) is 46.5 Å². The number of aryl methyl sites for hydroxylation is 1. The molecule has 0 aromatic heterocycles. The molecule has 1 N–H and O–H groups in total. The molecule has 0 fully saturated rings. The Labute approximate surface area is 87.5 Å². The second-order valence-electron chi connectivity index (χ2n) is 3.18. The molecule has 4 heteroatoms. The van der Waals surface area contributed by atoms with Crippen molar-refractivity contribution in [2.24, 2.45) is 0 Å². The lowest BCUT2D eigenvalue weighted by molar-refractivity contribution is -0.136. The maximum atomic E-state index is 13.3. The van der Waals surface area contributed by atoms with Gasteiger partial charge in [0.1, 0.15) is 11.6 Å². The number of methoxy groups -OCH3 is 1. The van der Waals surface area contributed by atoms with Gasteiger partial charge in [0.05, 0.1) is 13.5 Å². The number of benzene rings is 1. The van der Waals surface area contributed by atoms with Crippen LogP contribution in [-0.4, -0.2) is 18.2 Å². The van der Waals surface area contributed by atoms with E-state index in [-0.39, 0.29) is 18.0 Å². The number of ether oxygens (including phenoxy) is 1. The summed E-state index contributed by atoms with van der Waals surface area (Å²) in [5.41, 5.74) is 1.01. The maximum Gasteiger partial charge on any atom is 0.307 e. The summed E-state index contributed by atoms with van der Waals surface area (Å²) >= 11 is 0. The van der Waals surface area contributed by atoms with E-state index in [2.05, 4.69) is 0 Å². The van der Waals surface area contributed by atoms with Crippen molar-refractivity contribution in [2.45, 2.75) is 19.8 Å². The van der Waals surface area contributed by atoms with Crippen LogP contribution in [0.15, 0.2) is 12.1 Å². The zero-order valence-electron chi connectivity index (χ0n) is 8.71. The fourth-order valence-corrected chi connectivity index (χ4v) is 1.41. The van der Waals surface area contributed by atoms with E-state index < -0.39 is 5.97 Å². The Balaban J connectivity index is 3.16. The average molecular weight is 212 g/mol. The van der Waals surface area contributed by atoms with Crippen LogP contribution in [0.25, 0.3) is 0 Å². The first-order chi connectivity index (χ1) is 7.08. The maximum absolute atomic E-state index is 13.3. The van der Waals surface area contributed by atoms with E-state index >= 15 is 0 Å². The lowest BCUT2D eigenvalue weighted by Crippen LogP contribution is -2.04. The minimum atomic E-state index is -0.957. The fraction of sp³-hybridized carbons (Fsp3) is 0.364. The minimum absolute atomic E-state index is 0.156. The number of hydrogen-bond acceptors (Lipinski definition) is 2. The normalized spacial score (nSPS) is 10.1. The van der Waals surface area contributed by atoms with Gasteiger partial charge in [0.25, 0.3) is 0 Å². The molecule has 0 saturated carbocycles. The van der Waals surface area contributed by atoms with Crippen LogP contribution in [0.2, 0.25) is 0 Å². The second-order valence-corrected chi connectivity index (χ2v) is 3.18. The number of carbonyl (C=O) groups is 1. The Bertz CT molecular complexity index is 374. The fourth-order valence-electron chi connectivity index (χ4n) is 1.41. The van der Waals surface area contributed by atoms with Crippen molar-refractivity contribution in [3.05, 3.63) is 29.1 Å². The molecule has 0 aliphatic carbocycles. The summed E-state index contributed by atoms with van der Waals surface area (Å²) in [6.07, 6.45) is 0.374. The van der Waals surface area contributed by atoms with Gasteiger partial charge in [-0.15, -0.1) is 0 Å². The van der Waals surface area contributed by atoms with Gasteiger partial charge in [-0.05, 0) is 18.1 Å². The SMILES string of the molecule is CCc1cc(CC(=O)O)c(OC)cc1F. The molecule has 0 spiro atoms. The van der Waals surface area contributed by atoms with Crippen molar-refractivity contribution >= 4 is 5.97 Å². The molecule has 0 aliphatic heterocycles. The van der Waals surface area contributed by atoms with Crippen LogP contribution in [0.1, 0.15) is 18.1 Å². The smallest absolute Gasteiger partial charge is 0.307 e. The second kappa shape index (κ2) is 4.77. The molecule has 82 valence electrons. The molecule has 1 rings (SSSR count). The van der Waals surface area contributed by atoms with Crippen LogP contribution in [0.3, 0.4) is 0 Å². The van der Waals surface area contributed by atoms with E-state index in [0.29, 0.717) is 17.5 Å². The van der Waals surface area contributed by atoms with E-state index in [0.717, 1.165) is 0 Å². The van der Waals surface area contributed by atoms with Gasteiger partial charge in [0.15, 0.2) is 0 Å². The Morgan fingerprint density at radius 3 is 2.60 bits per heavy atom. The number of carboxylic acid groups (broad SMARTS) is 1. The Kier molecular flexibility index (Phi) is 3.66. The standard InChI is InChI=1S/C11H13FO3/c1-3-7-4-8(5-11(13)14)10(15-2)6-9(7)12/h4,6H,3,5H2,1-2H3,(H,13,14). The summed E-state index contributed by atoms with van der Waals surface area (Å²) in [4.78, 5) is 10.6. The highest BCUT2D eigenvalue weighted by Gasteiger charge is 2.11. The van der Waals surface area contributed by atoms with Gasteiger partial charge < -0.3 is 9.84 Å². The molecule has 0 heterocycles. The first-order valence-electron chi connectivity index (χ1n) is 4.65. The summed E-state index contributed by atoms with van der Waals surface area (Å²) in [6, 6.07) is 2.78. The highest BCUT2D eigenvalue weighted by molar-refractivity contribution is 5.71. The molecule has 1 aromatic carbocycles. The van der Waals surface area contributed by atoms with Crippen LogP contribution in [0, 0.1) is 5.82 Å². The van der Waals surface area contributed by atoms with E-state index in [1.807, 2.05) is 6.92 Å². The van der Waals surface area contributed by atoms with Crippen LogP contribution in [0.4, 0.5) is 4.39 Å². The van der Waals surface area contributed by atoms with Gasteiger partial charge in [-0.25, -0.2) is 4.39 Å². The molecule has 0 bridgehead atoms. The van der Waals surface area contributed by atoms with Crippen molar-refractivity contribution in [2.75, 3.05) is 7.11 Å². The number of aliphatic carboxylic acids is 1. The summed E-state index contributed by atoms with van der Waals surface area (Å²) in [5, 5.41) is 8.67. The monoisotopic (exact) mass is 212 g/mol. The van der Waals surface area contributed by atoms with Gasteiger partial charge in [-0.3, -0.25) is 4.79 Å². The Hall–Kier alpha value is -1.58. The van der Waals surface area contributed by atoms with E-state index in [1.165, 1.54) is 13.2 Å². The number of halogens is 1. The zero-order valence-corrected chi connectivity index (χ0v) is 8.71. The van der Waals surface area contributed by atoms with E-state index in [4.69, 9.17) is 9.84 Å². The molecule has 0 saturated heterocycles. The van der Waals surface area contributed by atoms with Crippen molar-refractivity contribution in [1.29, 1.82) is 0 Å². The molecule has 0 amide bonds. The highest BCUT2D eigenvalue weighted by atomic mass is 19.1.